The highest BCUT2D eigenvalue weighted by molar-refractivity contribution is 7.98. The van der Waals surface area contributed by atoms with E-state index in [1.165, 1.54) is 30.0 Å². The number of carboxylic acids is 1. The molecule has 100 valence electrons. The molecule has 0 aliphatic carbocycles. The molecule has 5 nitrogen and oxygen atoms in total. The smallest absolute Gasteiger partial charge is 0.327 e. The maximum Gasteiger partial charge on any atom is 0.327 e. The number of hydrogen-bond donors (Lipinski definition) is 2. The first-order chi connectivity index (χ1) is 9.08. The fraction of sp³-hybridized carbons (Fsp3) is 0.250. The number of hydrogen-bond acceptors (Lipinski definition) is 4. The monoisotopic (exact) mass is 282 g/mol. The van der Waals surface area contributed by atoms with Gasteiger partial charge >= 0.3 is 5.97 Å². The van der Waals surface area contributed by atoms with Gasteiger partial charge in [0.1, 0.15) is 17.9 Å². The standard InChI is InChI=1S/C12H11FN2O3S/c13-10-2-1-8(3-9(10)4-14)5-19-6-11(12(17)18)15-7-16/h1-3,7,11H,5-6H2,(H,15,16)(H,17,18). The largest absolute Gasteiger partial charge is 0.480 e. The van der Waals surface area contributed by atoms with Gasteiger partial charge in [-0.05, 0) is 17.7 Å². The predicted molar refractivity (Wildman–Crippen MR) is 67.9 cm³/mol. The number of aliphatic carboxylic acids is 1. The summed E-state index contributed by atoms with van der Waals surface area (Å²) in [4.78, 5) is 21.0. The molecule has 0 saturated carbocycles. The molecular weight excluding hydrogens is 271 g/mol. The maximum absolute atomic E-state index is 13.1. The lowest BCUT2D eigenvalue weighted by Crippen LogP contribution is -2.37. The summed E-state index contributed by atoms with van der Waals surface area (Å²) in [6, 6.07) is 4.93. The average molecular weight is 282 g/mol. The topological polar surface area (TPSA) is 90.2 Å². The Morgan fingerprint density at radius 2 is 2.37 bits per heavy atom. The Balaban J connectivity index is 2.55. The molecule has 0 heterocycles. The van der Waals surface area contributed by atoms with E-state index in [1.54, 1.807) is 6.07 Å². The van der Waals surface area contributed by atoms with E-state index in [0.29, 0.717) is 12.2 Å². The van der Waals surface area contributed by atoms with Gasteiger partial charge in [0.25, 0.3) is 0 Å². The summed E-state index contributed by atoms with van der Waals surface area (Å²) in [5.41, 5.74) is 0.678. The SMILES string of the molecule is N#Cc1cc(CSCC(NC=O)C(=O)O)ccc1F. The number of carbonyl (C=O) groups is 2. The van der Waals surface area contributed by atoms with Crippen molar-refractivity contribution >= 4 is 24.1 Å². The van der Waals surface area contributed by atoms with Gasteiger partial charge < -0.3 is 10.4 Å². The van der Waals surface area contributed by atoms with Gasteiger partial charge in [-0.15, -0.1) is 0 Å². The van der Waals surface area contributed by atoms with Crippen LogP contribution in [0.2, 0.25) is 0 Å². The van der Waals surface area contributed by atoms with Crippen molar-refractivity contribution in [2.24, 2.45) is 0 Å². The molecule has 1 unspecified atom stereocenters. The van der Waals surface area contributed by atoms with Crippen molar-refractivity contribution in [1.29, 1.82) is 5.26 Å². The number of nitriles is 1. The molecule has 2 N–H and O–H groups in total. The van der Waals surface area contributed by atoms with E-state index < -0.39 is 17.8 Å². The Kier molecular flexibility index (Phi) is 5.82. The van der Waals surface area contributed by atoms with Gasteiger partial charge in [0.2, 0.25) is 6.41 Å². The second kappa shape index (κ2) is 7.38. The van der Waals surface area contributed by atoms with Gasteiger partial charge in [-0.2, -0.15) is 17.0 Å². The third kappa shape index (κ3) is 4.60. The molecule has 1 rings (SSSR count). The first kappa shape index (κ1) is 15.0. The lowest BCUT2D eigenvalue weighted by atomic mass is 10.1. The normalized spacial score (nSPS) is 11.4. The van der Waals surface area contributed by atoms with Crippen LogP contribution in [0, 0.1) is 17.1 Å². The van der Waals surface area contributed by atoms with E-state index in [9.17, 15) is 14.0 Å². The minimum atomic E-state index is -1.11. The van der Waals surface area contributed by atoms with Crippen LogP contribution >= 0.6 is 11.8 Å². The van der Waals surface area contributed by atoms with Crippen LogP contribution in [0.5, 0.6) is 0 Å². The van der Waals surface area contributed by atoms with Crippen LogP contribution in [0.1, 0.15) is 11.1 Å². The molecule has 7 heteroatoms. The minimum Gasteiger partial charge on any atom is -0.480 e. The number of nitrogens with zero attached hydrogens (tertiary/aromatic N) is 1. The Bertz CT molecular complexity index is 516. The molecule has 0 saturated heterocycles. The average Bonchev–Trinajstić information content (AvgIpc) is 2.39. The number of nitrogens with one attached hydrogen (secondary N) is 1. The van der Waals surface area contributed by atoms with E-state index in [0.717, 1.165) is 5.56 Å². The fourth-order valence-electron chi connectivity index (χ4n) is 1.32. The van der Waals surface area contributed by atoms with Gasteiger partial charge in [-0.1, -0.05) is 6.07 Å². The number of amides is 1. The van der Waals surface area contributed by atoms with Crippen molar-refractivity contribution < 1.29 is 19.1 Å². The van der Waals surface area contributed by atoms with Crippen molar-refractivity contribution in [3.8, 4) is 6.07 Å². The third-order valence-corrected chi connectivity index (χ3v) is 3.38. The first-order valence-electron chi connectivity index (χ1n) is 5.27. The highest BCUT2D eigenvalue weighted by atomic mass is 32.2. The Labute approximate surface area is 113 Å². The molecular formula is C12H11FN2O3S. The lowest BCUT2D eigenvalue weighted by Gasteiger charge is -2.10. The minimum absolute atomic E-state index is 0.0427. The molecule has 0 spiro atoms. The summed E-state index contributed by atoms with van der Waals surface area (Å²) >= 11 is 1.27. The van der Waals surface area contributed by atoms with E-state index >= 15 is 0 Å². The number of rotatable bonds is 7. The number of halogens is 1. The molecule has 1 aromatic rings. The number of carboxylic acid groups (broad SMARTS) is 1. The Morgan fingerprint density at radius 3 is 2.95 bits per heavy atom. The van der Waals surface area contributed by atoms with E-state index in [1.807, 2.05) is 0 Å². The maximum atomic E-state index is 13.1. The molecule has 1 amide bonds. The first-order valence-corrected chi connectivity index (χ1v) is 6.42. The van der Waals surface area contributed by atoms with Crippen LogP contribution in [0.3, 0.4) is 0 Å². The van der Waals surface area contributed by atoms with Gasteiger partial charge in [0, 0.05) is 11.5 Å². The summed E-state index contributed by atoms with van der Waals surface area (Å²) < 4.78 is 13.1. The van der Waals surface area contributed by atoms with Crippen molar-refractivity contribution in [3.63, 3.8) is 0 Å². The highest BCUT2D eigenvalue weighted by Gasteiger charge is 2.15. The molecule has 0 bridgehead atoms. The number of thioether (sulfide) groups is 1. The van der Waals surface area contributed by atoms with E-state index in [-0.39, 0.29) is 11.3 Å². The molecule has 0 fully saturated rings. The van der Waals surface area contributed by atoms with Crippen LogP contribution in [-0.4, -0.2) is 29.3 Å². The van der Waals surface area contributed by atoms with E-state index in [4.69, 9.17) is 10.4 Å². The number of benzene rings is 1. The summed E-state index contributed by atoms with van der Waals surface area (Å²) in [7, 11) is 0. The summed E-state index contributed by atoms with van der Waals surface area (Å²) in [5, 5.41) is 19.7. The van der Waals surface area contributed by atoms with Crippen molar-refractivity contribution in [3.05, 3.63) is 35.1 Å². The van der Waals surface area contributed by atoms with Gasteiger partial charge in [-0.3, -0.25) is 4.79 Å². The predicted octanol–water partition coefficient (Wildman–Crippen LogP) is 1.13. The summed E-state index contributed by atoms with van der Waals surface area (Å²) in [6.45, 7) is 0. The van der Waals surface area contributed by atoms with Crippen LogP contribution in [0.25, 0.3) is 0 Å². The second-order valence-corrected chi connectivity index (χ2v) is 4.65. The highest BCUT2D eigenvalue weighted by Crippen LogP contribution is 2.16. The Morgan fingerprint density at radius 1 is 1.63 bits per heavy atom. The zero-order chi connectivity index (χ0) is 14.3. The molecule has 0 aliphatic rings. The summed E-state index contributed by atoms with van der Waals surface area (Å²) in [5.74, 6) is -1.08. The molecule has 19 heavy (non-hydrogen) atoms. The van der Waals surface area contributed by atoms with Crippen LogP contribution in [0.4, 0.5) is 4.39 Å². The van der Waals surface area contributed by atoms with Crippen LogP contribution < -0.4 is 5.32 Å². The molecule has 0 aromatic heterocycles. The quantitative estimate of drug-likeness (QED) is 0.732. The molecule has 1 aromatic carbocycles. The van der Waals surface area contributed by atoms with E-state index in [2.05, 4.69) is 5.32 Å². The zero-order valence-corrected chi connectivity index (χ0v) is 10.6. The third-order valence-electron chi connectivity index (χ3n) is 2.27. The van der Waals surface area contributed by atoms with Gasteiger partial charge in [0.05, 0.1) is 5.56 Å². The fourth-order valence-corrected chi connectivity index (χ4v) is 2.32. The lowest BCUT2D eigenvalue weighted by molar-refractivity contribution is -0.139. The summed E-state index contributed by atoms with van der Waals surface area (Å²) in [6.07, 6.45) is 0.338. The number of carbonyl (C=O) groups excluding carboxylic acids is 1. The van der Waals surface area contributed by atoms with Gasteiger partial charge in [-0.25, -0.2) is 9.18 Å². The Hall–Kier alpha value is -2.07. The van der Waals surface area contributed by atoms with Crippen molar-refractivity contribution in [2.45, 2.75) is 11.8 Å². The molecule has 0 aliphatic heterocycles. The van der Waals surface area contributed by atoms with Crippen molar-refractivity contribution in [1.82, 2.24) is 5.32 Å². The zero-order valence-electron chi connectivity index (χ0n) is 9.80. The molecule has 1 atom stereocenters. The van der Waals surface area contributed by atoms with Crippen LogP contribution in [-0.2, 0) is 15.3 Å². The van der Waals surface area contributed by atoms with Gasteiger partial charge in [0.15, 0.2) is 0 Å². The van der Waals surface area contributed by atoms with Crippen molar-refractivity contribution in [2.75, 3.05) is 5.75 Å². The molecule has 0 radical (unpaired) electrons. The van der Waals surface area contributed by atoms with Crippen LogP contribution in [0.15, 0.2) is 18.2 Å². The second-order valence-electron chi connectivity index (χ2n) is 3.62.